The Bertz CT molecular complexity index is 1450. The molecule has 0 aliphatic heterocycles. The maximum absolute atomic E-state index is 13.2. The van der Waals surface area contributed by atoms with Gasteiger partial charge in [0.1, 0.15) is 16.2 Å². The highest BCUT2D eigenvalue weighted by molar-refractivity contribution is 7.98. The zero-order valence-corrected chi connectivity index (χ0v) is 19.4. The quantitative estimate of drug-likeness (QED) is 0.243. The summed E-state index contributed by atoms with van der Waals surface area (Å²) in [6.45, 7) is 0. The summed E-state index contributed by atoms with van der Waals surface area (Å²) in [6, 6.07) is 16.7. The van der Waals surface area contributed by atoms with Gasteiger partial charge in [-0.3, -0.25) is 9.36 Å². The van der Waals surface area contributed by atoms with Crippen molar-refractivity contribution in [2.45, 2.75) is 10.9 Å². The normalized spacial score (nSPS) is 11.1. The molecule has 0 bridgehead atoms. The van der Waals surface area contributed by atoms with Crippen LogP contribution < -0.4 is 15.0 Å². The molecule has 33 heavy (non-hydrogen) atoms. The van der Waals surface area contributed by atoms with Crippen LogP contribution in [0.5, 0.6) is 11.5 Å². The minimum atomic E-state index is -0.0987. The van der Waals surface area contributed by atoms with E-state index >= 15 is 0 Å². The number of hydrogen-bond donors (Lipinski definition) is 0. The van der Waals surface area contributed by atoms with Crippen LogP contribution in [0, 0.1) is 0 Å². The molecule has 0 N–H and O–H groups in total. The Morgan fingerprint density at radius 2 is 1.79 bits per heavy atom. The summed E-state index contributed by atoms with van der Waals surface area (Å²) >= 11 is 2.75. The lowest BCUT2D eigenvalue weighted by Crippen LogP contribution is -2.20. The molecule has 0 aliphatic carbocycles. The summed E-state index contributed by atoms with van der Waals surface area (Å²) in [5.41, 5.74) is 2.04. The smallest absolute Gasteiger partial charge is 0.276 e. The molecule has 2 aromatic carbocycles. The fraction of sp³-hybridized carbons (Fsp3) is 0.130. The summed E-state index contributed by atoms with van der Waals surface area (Å²) in [4.78, 5) is 22.4. The van der Waals surface area contributed by atoms with Crippen LogP contribution in [0.4, 0.5) is 0 Å². The van der Waals surface area contributed by atoms with E-state index in [0.717, 1.165) is 5.69 Å². The molecule has 0 saturated heterocycles. The fourth-order valence-electron chi connectivity index (χ4n) is 3.29. The van der Waals surface area contributed by atoms with Crippen molar-refractivity contribution < 1.29 is 14.0 Å². The molecule has 5 aromatic rings. The first-order chi connectivity index (χ1) is 16.2. The Hall–Kier alpha value is -3.63. The molecule has 10 heteroatoms. The van der Waals surface area contributed by atoms with E-state index in [9.17, 15) is 4.79 Å². The predicted octanol–water partition coefficient (Wildman–Crippen LogP) is 4.81. The molecule has 0 aliphatic rings. The van der Waals surface area contributed by atoms with Gasteiger partial charge in [0.25, 0.3) is 5.56 Å². The number of fused-ring (bicyclic) bond motifs is 1. The van der Waals surface area contributed by atoms with Crippen molar-refractivity contribution in [2.24, 2.45) is 0 Å². The first kappa shape index (κ1) is 21.2. The predicted molar refractivity (Wildman–Crippen MR) is 128 cm³/mol. The van der Waals surface area contributed by atoms with Crippen LogP contribution in [0.25, 0.3) is 27.3 Å². The Balaban J connectivity index is 1.46. The van der Waals surface area contributed by atoms with E-state index in [1.165, 1.54) is 23.1 Å². The van der Waals surface area contributed by atoms with Gasteiger partial charge in [-0.2, -0.15) is 4.98 Å². The highest BCUT2D eigenvalue weighted by atomic mass is 32.2. The van der Waals surface area contributed by atoms with Gasteiger partial charge in [-0.25, -0.2) is 4.98 Å². The van der Waals surface area contributed by atoms with Crippen LogP contribution in [0.15, 0.2) is 74.5 Å². The van der Waals surface area contributed by atoms with Gasteiger partial charge in [0.2, 0.25) is 11.7 Å². The van der Waals surface area contributed by atoms with Crippen molar-refractivity contribution in [2.75, 3.05) is 14.2 Å². The number of methoxy groups -OCH3 is 2. The minimum absolute atomic E-state index is 0.0987. The third-order valence-corrected chi connectivity index (χ3v) is 6.68. The number of rotatable bonds is 7. The van der Waals surface area contributed by atoms with E-state index in [4.69, 9.17) is 19.0 Å². The third kappa shape index (κ3) is 4.22. The molecule has 0 amide bonds. The lowest BCUT2D eigenvalue weighted by molar-refractivity contribution is 0.390. The summed E-state index contributed by atoms with van der Waals surface area (Å²) in [5.74, 6) is 2.44. The van der Waals surface area contributed by atoms with Crippen molar-refractivity contribution in [1.29, 1.82) is 0 Å². The number of ether oxygens (including phenoxy) is 2. The second kappa shape index (κ2) is 9.08. The average Bonchev–Trinajstić information content (AvgIpc) is 3.53. The summed E-state index contributed by atoms with van der Waals surface area (Å²) in [6.07, 6.45) is 0. The molecule has 8 nitrogen and oxygen atoms in total. The highest BCUT2D eigenvalue weighted by Gasteiger charge is 2.17. The van der Waals surface area contributed by atoms with E-state index < -0.39 is 0 Å². The zero-order valence-electron chi connectivity index (χ0n) is 17.7. The number of para-hydroxylation sites is 1. The minimum Gasteiger partial charge on any atom is -0.497 e. The maximum atomic E-state index is 13.2. The number of thioether (sulfide) groups is 1. The second-order valence-corrected chi connectivity index (χ2v) is 8.77. The topological polar surface area (TPSA) is 92.3 Å². The standard InChI is InChI=1S/C23H18N4O4S2/c1-29-16-10-14(11-17(12-16)30-2)21-25-19(31-26-21)13-33-23-24-18-8-9-32-20(18)22(28)27(23)15-6-4-3-5-7-15/h3-12H,13H2,1-2H3. The summed E-state index contributed by atoms with van der Waals surface area (Å²) in [5, 5.41) is 6.52. The molecular formula is C23H18N4O4S2. The first-order valence-electron chi connectivity index (χ1n) is 9.91. The summed E-state index contributed by atoms with van der Waals surface area (Å²) in [7, 11) is 3.17. The number of benzene rings is 2. The van der Waals surface area contributed by atoms with E-state index in [2.05, 4.69) is 10.1 Å². The van der Waals surface area contributed by atoms with Crippen molar-refractivity contribution in [3.63, 3.8) is 0 Å². The maximum Gasteiger partial charge on any atom is 0.276 e. The van der Waals surface area contributed by atoms with Crippen LogP contribution in [-0.2, 0) is 5.75 Å². The van der Waals surface area contributed by atoms with Crippen LogP contribution in [0.3, 0.4) is 0 Å². The molecule has 0 atom stereocenters. The monoisotopic (exact) mass is 478 g/mol. The third-order valence-electron chi connectivity index (χ3n) is 4.87. The summed E-state index contributed by atoms with van der Waals surface area (Å²) < 4.78 is 18.3. The van der Waals surface area contributed by atoms with Gasteiger partial charge in [0, 0.05) is 11.6 Å². The van der Waals surface area contributed by atoms with E-state index in [0.29, 0.717) is 49.9 Å². The van der Waals surface area contributed by atoms with Gasteiger partial charge in [-0.1, -0.05) is 35.1 Å². The van der Waals surface area contributed by atoms with E-state index in [-0.39, 0.29) is 5.56 Å². The molecule has 0 radical (unpaired) electrons. The van der Waals surface area contributed by atoms with Gasteiger partial charge >= 0.3 is 0 Å². The van der Waals surface area contributed by atoms with Crippen LogP contribution in [0.1, 0.15) is 5.89 Å². The van der Waals surface area contributed by atoms with Crippen molar-refractivity contribution in [3.05, 3.63) is 76.2 Å². The molecule has 0 fully saturated rings. The van der Waals surface area contributed by atoms with Crippen molar-refractivity contribution >= 4 is 33.3 Å². The van der Waals surface area contributed by atoms with E-state index in [1.54, 1.807) is 24.9 Å². The van der Waals surface area contributed by atoms with Gasteiger partial charge in [0.15, 0.2) is 5.16 Å². The van der Waals surface area contributed by atoms with Crippen LogP contribution >= 0.6 is 23.1 Å². The molecule has 3 aromatic heterocycles. The fourth-order valence-corrected chi connectivity index (χ4v) is 4.90. The van der Waals surface area contributed by atoms with Crippen LogP contribution in [-0.4, -0.2) is 33.9 Å². The SMILES string of the molecule is COc1cc(OC)cc(-c2noc(CSc3nc4ccsc4c(=O)n3-c3ccccc3)n2)c1. The van der Waals surface area contributed by atoms with Gasteiger partial charge < -0.3 is 14.0 Å². The first-order valence-corrected chi connectivity index (χ1v) is 11.8. The molecule has 5 rings (SSSR count). The van der Waals surface area contributed by atoms with Gasteiger partial charge in [0.05, 0.1) is 31.2 Å². The molecule has 3 heterocycles. The average molecular weight is 479 g/mol. The Morgan fingerprint density at radius 3 is 2.52 bits per heavy atom. The van der Waals surface area contributed by atoms with Gasteiger partial charge in [-0.15, -0.1) is 11.3 Å². The molecule has 0 saturated carbocycles. The highest BCUT2D eigenvalue weighted by Crippen LogP contribution is 2.30. The number of thiophene rings is 1. The Kier molecular flexibility index (Phi) is 5.84. The number of aromatic nitrogens is 4. The van der Waals surface area contributed by atoms with Crippen molar-refractivity contribution in [1.82, 2.24) is 19.7 Å². The van der Waals surface area contributed by atoms with Crippen LogP contribution in [0.2, 0.25) is 0 Å². The zero-order chi connectivity index (χ0) is 22.8. The lowest BCUT2D eigenvalue weighted by Gasteiger charge is -2.11. The Morgan fingerprint density at radius 1 is 1.03 bits per heavy atom. The van der Waals surface area contributed by atoms with Gasteiger partial charge in [-0.05, 0) is 35.7 Å². The molecule has 0 spiro atoms. The Labute approximate surface area is 196 Å². The number of hydrogen-bond acceptors (Lipinski definition) is 9. The molecule has 0 unspecified atom stereocenters. The lowest BCUT2D eigenvalue weighted by atomic mass is 10.2. The van der Waals surface area contributed by atoms with E-state index in [1.807, 2.05) is 53.9 Å². The molecule has 166 valence electrons. The largest absolute Gasteiger partial charge is 0.497 e. The molecular weight excluding hydrogens is 460 g/mol. The van der Waals surface area contributed by atoms with Crippen molar-refractivity contribution in [3.8, 4) is 28.6 Å². The second-order valence-electron chi connectivity index (χ2n) is 6.91. The number of nitrogens with zero attached hydrogens (tertiary/aromatic N) is 4.